The molecular weight excluding hydrogens is 318 g/mol. The number of carbonyl (C=O) groups is 3. The Morgan fingerprint density at radius 2 is 1.88 bits per heavy atom. The van der Waals surface area contributed by atoms with Crippen molar-refractivity contribution in [3.05, 3.63) is 35.9 Å². The van der Waals surface area contributed by atoms with E-state index in [4.69, 9.17) is 5.73 Å². The van der Waals surface area contributed by atoms with Crippen LogP contribution in [0.2, 0.25) is 0 Å². The monoisotopic (exact) mass is 343 g/mol. The van der Waals surface area contributed by atoms with Crippen molar-refractivity contribution in [2.24, 2.45) is 17.6 Å². The van der Waals surface area contributed by atoms with Gasteiger partial charge in [-0.1, -0.05) is 30.3 Å². The molecule has 0 saturated carbocycles. The molecule has 3 rings (SSSR count). The molecule has 2 aliphatic heterocycles. The average Bonchev–Trinajstić information content (AvgIpc) is 3.03. The van der Waals surface area contributed by atoms with Crippen LogP contribution in [0.4, 0.5) is 0 Å². The van der Waals surface area contributed by atoms with Gasteiger partial charge >= 0.3 is 0 Å². The number of primary amides is 1. The van der Waals surface area contributed by atoms with Crippen molar-refractivity contribution in [1.82, 2.24) is 9.80 Å². The van der Waals surface area contributed by atoms with Gasteiger partial charge in [-0.3, -0.25) is 14.4 Å². The van der Waals surface area contributed by atoms with E-state index >= 15 is 0 Å². The molecular formula is C19H25N3O3. The summed E-state index contributed by atoms with van der Waals surface area (Å²) in [5.74, 6) is -0.959. The van der Waals surface area contributed by atoms with Gasteiger partial charge in [0.05, 0.1) is 17.9 Å². The predicted molar refractivity (Wildman–Crippen MR) is 93.2 cm³/mol. The maximum Gasteiger partial charge on any atom is 0.228 e. The maximum absolute atomic E-state index is 12.8. The molecule has 0 bridgehead atoms. The van der Waals surface area contributed by atoms with E-state index in [1.807, 2.05) is 37.3 Å². The number of amides is 3. The molecule has 134 valence electrons. The first kappa shape index (κ1) is 17.5. The van der Waals surface area contributed by atoms with E-state index in [2.05, 4.69) is 0 Å². The Kier molecular flexibility index (Phi) is 5.06. The fourth-order valence-electron chi connectivity index (χ4n) is 3.85. The molecule has 0 spiro atoms. The Labute approximate surface area is 148 Å². The van der Waals surface area contributed by atoms with E-state index in [0.717, 1.165) is 18.4 Å². The Morgan fingerprint density at radius 3 is 2.56 bits per heavy atom. The molecule has 1 aromatic rings. The van der Waals surface area contributed by atoms with Gasteiger partial charge in [0.2, 0.25) is 17.7 Å². The second-order valence-electron chi connectivity index (χ2n) is 7.06. The lowest BCUT2D eigenvalue weighted by molar-refractivity contribution is -0.139. The number of carbonyl (C=O) groups excluding carboxylic acids is 3. The Hall–Kier alpha value is -2.37. The lowest BCUT2D eigenvalue weighted by atomic mass is 9.96. The minimum atomic E-state index is -0.348. The molecule has 0 aliphatic carbocycles. The van der Waals surface area contributed by atoms with E-state index in [-0.39, 0.29) is 42.0 Å². The van der Waals surface area contributed by atoms with Crippen LogP contribution in [0.25, 0.3) is 0 Å². The first-order chi connectivity index (χ1) is 12.0. The number of nitrogens with two attached hydrogens (primary N) is 1. The molecule has 6 nitrogen and oxygen atoms in total. The number of hydrogen-bond donors (Lipinski definition) is 1. The number of piperidine rings is 1. The van der Waals surface area contributed by atoms with Gasteiger partial charge < -0.3 is 15.5 Å². The molecule has 1 aromatic carbocycles. The van der Waals surface area contributed by atoms with Crippen molar-refractivity contribution < 1.29 is 14.4 Å². The standard InChI is InChI=1S/C19H25N3O3/c1-13(14-6-3-2-4-7-14)22-12-16(10-17(22)23)19(25)21-9-5-8-15(11-21)18(20)24/h2-4,6-7,13,15-16H,5,8-12H2,1H3,(H2,20,24)/t13-,15+,16+/m1/s1. The van der Waals surface area contributed by atoms with Crippen LogP contribution in [0.1, 0.15) is 37.8 Å². The number of hydrogen-bond acceptors (Lipinski definition) is 3. The summed E-state index contributed by atoms with van der Waals surface area (Å²) in [4.78, 5) is 40.2. The van der Waals surface area contributed by atoms with Gasteiger partial charge in [0.15, 0.2) is 0 Å². The van der Waals surface area contributed by atoms with Crippen molar-refractivity contribution in [2.45, 2.75) is 32.2 Å². The topological polar surface area (TPSA) is 83.7 Å². The SMILES string of the molecule is C[C@H](c1ccccc1)N1C[C@@H](C(=O)N2CCC[C@H](C(N)=O)C2)CC1=O. The molecule has 2 N–H and O–H groups in total. The summed E-state index contributed by atoms with van der Waals surface area (Å²) in [6.45, 7) is 3.45. The second kappa shape index (κ2) is 7.25. The molecule has 3 atom stereocenters. The van der Waals surface area contributed by atoms with Crippen LogP contribution in [0.5, 0.6) is 0 Å². The smallest absolute Gasteiger partial charge is 0.228 e. The first-order valence-corrected chi connectivity index (χ1v) is 8.90. The van der Waals surface area contributed by atoms with Crippen molar-refractivity contribution >= 4 is 17.7 Å². The van der Waals surface area contributed by atoms with Crippen LogP contribution in [0, 0.1) is 11.8 Å². The zero-order valence-electron chi connectivity index (χ0n) is 14.6. The van der Waals surface area contributed by atoms with Crippen molar-refractivity contribution in [3.63, 3.8) is 0 Å². The summed E-state index contributed by atoms with van der Waals surface area (Å²) < 4.78 is 0. The van der Waals surface area contributed by atoms with Crippen LogP contribution < -0.4 is 5.73 Å². The Balaban J connectivity index is 1.65. The highest BCUT2D eigenvalue weighted by molar-refractivity contribution is 5.90. The minimum Gasteiger partial charge on any atom is -0.369 e. The quantitative estimate of drug-likeness (QED) is 0.895. The van der Waals surface area contributed by atoms with Gasteiger partial charge in [0.25, 0.3) is 0 Å². The van der Waals surface area contributed by atoms with Crippen LogP contribution in [0.15, 0.2) is 30.3 Å². The fraction of sp³-hybridized carbons (Fsp3) is 0.526. The Morgan fingerprint density at radius 1 is 1.16 bits per heavy atom. The molecule has 0 aromatic heterocycles. The van der Waals surface area contributed by atoms with Gasteiger partial charge in [0, 0.05) is 26.1 Å². The number of likely N-dealkylation sites (tertiary alicyclic amines) is 2. The third-order valence-electron chi connectivity index (χ3n) is 5.39. The maximum atomic E-state index is 12.8. The van der Waals surface area contributed by atoms with Crippen LogP contribution >= 0.6 is 0 Å². The molecule has 2 saturated heterocycles. The molecule has 25 heavy (non-hydrogen) atoms. The highest BCUT2D eigenvalue weighted by atomic mass is 16.2. The third kappa shape index (κ3) is 3.67. The van der Waals surface area contributed by atoms with Crippen LogP contribution in [0.3, 0.4) is 0 Å². The highest BCUT2D eigenvalue weighted by Gasteiger charge is 2.40. The van der Waals surface area contributed by atoms with E-state index in [9.17, 15) is 14.4 Å². The van der Waals surface area contributed by atoms with E-state index in [0.29, 0.717) is 19.6 Å². The van der Waals surface area contributed by atoms with E-state index in [1.165, 1.54) is 0 Å². The molecule has 3 amide bonds. The third-order valence-corrected chi connectivity index (χ3v) is 5.39. The summed E-state index contributed by atoms with van der Waals surface area (Å²) in [7, 11) is 0. The van der Waals surface area contributed by atoms with Gasteiger partial charge in [-0.15, -0.1) is 0 Å². The summed E-state index contributed by atoms with van der Waals surface area (Å²) in [6, 6.07) is 9.79. The van der Waals surface area contributed by atoms with Gasteiger partial charge in [-0.05, 0) is 25.3 Å². The molecule has 2 aliphatic rings. The minimum absolute atomic E-state index is 0.0122. The van der Waals surface area contributed by atoms with Gasteiger partial charge in [-0.25, -0.2) is 0 Å². The van der Waals surface area contributed by atoms with Crippen LogP contribution in [-0.2, 0) is 14.4 Å². The summed E-state index contributed by atoms with van der Waals surface area (Å²) in [6.07, 6.45) is 1.76. The largest absolute Gasteiger partial charge is 0.369 e. The first-order valence-electron chi connectivity index (χ1n) is 8.90. The van der Waals surface area contributed by atoms with E-state index in [1.54, 1.807) is 9.80 Å². The summed E-state index contributed by atoms with van der Waals surface area (Å²) >= 11 is 0. The number of benzene rings is 1. The zero-order valence-corrected chi connectivity index (χ0v) is 14.6. The molecule has 0 unspecified atom stereocenters. The number of nitrogens with zero attached hydrogens (tertiary/aromatic N) is 2. The number of rotatable bonds is 4. The molecule has 6 heteroatoms. The second-order valence-corrected chi connectivity index (χ2v) is 7.06. The van der Waals surface area contributed by atoms with E-state index < -0.39 is 0 Å². The summed E-state index contributed by atoms with van der Waals surface area (Å²) in [5.41, 5.74) is 6.46. The Bertz CT molecular complexity index is 661. The van der Waals surface area contributed by atoms with Gasteiger partial charge in [-0.2, -0.15) is 0 Å². The van der Waals surface area contributed by atoms with Crippen molar-refractivity contribution in [3.8, 4) is 0 Å². The highest BCUT2D eigenvalue weighted by Crippen LogP contribution is 2.30. The molecule has 0 radical (unpaired) electrons. The predicted octanol–water partition coefficient (Wildman–Crippen LogP) is 1.32. The lowest BCUT2D eigenvalue weighted by Gasteiger charge is -2.33. The van der Waals surface area contributed by atoms with Crippen molar-refractivity contribution in [2.75, 3.05) is 19.6 Å². The zero-order chi connectivity index (χ0) is 18.0. The lowest BCUT2D eigenvalue weighted by Crippen LogP contribution is -2.46. The normalized spacial score (nSPS) is 25.1. The van der Waals surface area contributed by atoms with Gasteiger partial charge in [0.1, 0.15) is 0 Å². The molecule has 2 heterocycles. The van der Waals surface area contributed by atoms with Crippen molar-refractivity contribution in [1.29, 1.82) is 0 Å². The molecule has 2 fully saturated rings. The summed E-state index contributed by atoms with van der Waals surface area (Å²) in [5, 5.41) is 0. The van der Waals surface area contributed by atoms with Crippen LogP contribution in [-0.4, -0.2) is 47.2 Å². The fourth-order valence-corrected chi connectivity index (χ4v) is 3.85. The average molecular weight is 343 g/mol.